The first kappa shape index (κ1) is 10.4. The van der Waals surface area contributed by atoms with Crippen LogP contribution in [0.15, 0.2) is 12.2 Å². The Morgan fingerprint density at radius 2 is 2.07 bits per heavy atom. The Morgan fingerprint density at radius 3 is 2.53 bits per heavy atom. The second kappa shape index (κ2) is 3.19. The molecule has 82 valence electrons. The highest BCUT2D eigenvalue weighted by molar-refractivity contribution is 5.91. The second-order valence-electron chi connectivity index (χ2n) is 4.77. The van der Waals surface area contributed by atoms with Crippen LogP contribution >= 0.6 is 0 Å². The Morgan fingerprint density at radius 1 is 1.40 bits per heavy atom. The van der Waals surface area contributed by atoms with E-state index in [1.807, 2.05) is 0 Å². The molecule has 0 bridgehead atoms. The lowest BCUT2D eigenvalue weighted by molar-refractivity contribution is -0.137. The molecule has 0 aromatic heterocycles. The smallest absolute Gasteiger partial charge is 0.333 e. The van der Waals surface area contributed by atoms with Crippen molar-refractivity contribution >= 4 is 11.8 Å². The minimum Gasteiger partial charge on any atom is -0.466 e. The largest absolute Gasteiger partial charge is 0.466 e. The zero-order valence-corrected chi connectivity index (χ0v) is 9.21. The minimum absolute atomic E-state index is 0.0938. The van der Waals surface area contributed by atoms with Crippen LogP contribution in [-0.4, -0.2) is 18.9 Å². The molecular weight excluding hydrogens is 192 g/mol. The van der Waals surface area contributed by atoms with Crippen LogP contribution in [0.3, 0.4) is 0 Å². The first-order valence-electron chi connectivity index (χ1n) is 5.29. The maximum atomic E-state index is 11.4. The Bertz CT molecular complexity index is 345. The number of carbonyl (C=O) groups is 2. The molecule has 3 unspecified atom stereocenters. The number of fused-ring (bicyclic) bond motifs is 1. The van der Waals surface area contributed by atoms with Gasteiger partial charge >= 0.3 is 5.97 Å². The highest BCUT2D eigenvalue weighted by Crippen LogP contribution is 2.69. The molecule has 2 aliphatic rings. The van der Waals surface area contributed by atoms with E-state index >= 15 is 0 Å². The summed E-state index contributed by atoms with van der Waals surface area (Å²) in [5, 5.41) is 0. The summed E-state index contributed by atoms with van der Waals surface area (Å²) >= 11 is 0. The summed E-state index contributed by atoms with van der Waals surface area (Å²) < 4.78 is 4.69. The molecule has 0 saturated heterocycles. The van der Waals surface area contributed by atoms with Gasteiger partial charge < -0.3 is 4.74 Å². The van der Waals surface area contributed by atoms with E-state index in [0.29, 0.717) is 11.5 Å². The van der Waals surface area contributed by atoms with Crippen molar-refractivity contribution < 1.29 is 14.3 Å². The normalized spacial score (nSPS) is 36.9. The molecule has 3 atom stereocenters. The molecule has 0 radical (unpaired) electrons. The van der Waals surface area contributed by atoms with Crippen LogP contribution in [0.1, 0.15) is 26.2 Å². The summed E-state index contributed by atoms with van der Waals surface area (Å²) in [6.45, 7) is 5.46. The molecule has 3 nitrogen and oxygen atoms in total. The summed E-state index contributed by atoms with van der Waals surface area (Å²) in [5.41, 5.74) is 0.474. The molecule has 0 heterocycles. The average molecular weight is 208 g/mol. The van der Waals surface area contributed by atoms with Crippen molar-refractivity contribution in [2.75, 3.05) is 7.11 Å². The lowest BCUT2D eigenvalue weighted by atomic mass is 9.89. The van der Waals surface area contributed by atoms with Crippen LogP contribution in [0.2, 0.25) is 0 Å². The number of carbonyl (C=O) groups excluding carboxylic acids is 2. The van der Waals surface area contributed by atoms with Crippen molar-refractivity contribution in [3.05, 3.63) is 12.2 Å². The van der Waals surface area contributed by atoms with Gasteiger partial charge in [-0.25, -0.2) is 4.79 Å². The number of Topliss-reactive ketones (excluding diaryl/α,β-unsaturated/α-hetero) is 1. The van der Waals surface area contributed by atoms with Crippen LogP contribution < -0.4 is 0 Å². The number of ether oxygens (including phenoxy) is 1. The van der Waals surface area contributed by atoms with Crippen molar-refractivity contribution in [1.82, 2.24) is 0 Å². The van der Waals surface area contributed by atoms with Gasteiger partial charge in [-0.1, -0.05) is 6.58 Å². The molecule has 15 heavy (non-hydrogen) atoms. The van der Waals surface area contributed by atoms with E-state index < -0.39 is 0 Å². The van der Waals surface area contributed by atoms with Crippen LogP contribution in [0.4, 0.5) is 0 Å². The molecule has 3 heteroatoms. The molecule has 0 aromatic rings. The van der Waals surface area contributed by atoms with E-state index in [1.165, 1.54) is 7.11 Å². The summed E-state index contributed by atoms with van der Waals surface area (Å²) in [7, 11) is 1.37. The van der Waals surface area contributed by atoms with Gasteiger partial charge in [0.1, 0.15) is 5.78 Å². The Hall–Kier alpha value is -1.12. The monoisotopic (exact) mass is 208 g/mol. The summed E-state index contributed by atoms with van der Waals surface area (Å²) in [5.74, 6) is 0.532. The van der Waals surface area contributed by atoms with E-state index in [-0.39, 0.29) is 23.1 Å². The molecule has 2 aliphatic carbocycles. The third-order valence-electron chi connectivity index (χ3n) is 4.02. The second-order valence-corrected chi connectivity index (χ2v) is 4.77. The topological polar surface area (TPSA) is 43.4 Å². The van der Waals surface area contributed by atoms with Gasteiger partial charge in [0, 0.05) is 16.9 Å². The third-order valence-corrected chi connectivity index (χ3v) is 4.02. The van der Waals surface area contributed by atoms with E-state index in [4.69, 9.17) is 0 Å². The molecule has 0 amide bonds. The number of methoxy groups -OCH3 is 1. The fourth-order valence-electron chi connectivity index (χ4n) is 2.94. The van der Waals surface area contributed by atoms with Gasteiger partial charge in [-0.05, 0) is 32.1 Å². The summed E-state index contributed by atoms with van der Waals surface area (Å²) in [4.78, 5) is 22.7. The Kier molecular flexibility index (Phi) is 2.21. The zero-order valence-electron chi connectivity index (χ0n) is 9.21. The van der Waals surface area contributed by atoms with E-state index in [0.717, 1.165) is 19.3 Å². The van der Waals surface area contributed by atoms with Crippen LogP contribution in [0.5, 0.6) is 0 Å². The van der Waals surface area contributed by atoms with Gasteiger partial charge in [0.15, 0.2) is 0 Å². The Balaban J connectivity index is 2.10. The van der Waals surface area contributed by atoms with E-state index in [9.17, 15) is 9.59 Å². The molecule has 0 aromatic carbocycles. The predicted molar refractivity (Wildman–Crippen MR) is 55.1 cm³/mol. The van der Waals surface area contributed by atoms with Crippen LogP contribution in [0, 0.1) is 17.3 Å². The van der Waals surface area contributed by atoms with Crippen molar-refractivity contribution in [2.45, 2.75) is 26.2 Å². The molecule has 2 saturated carbocycles. The van der Waals surface area contributed by atoms with Gasteiger partial charge in [0.2, 0.25) is 0 Å². The fourth-order valence-corrected chi connectivity index (χ4v) is 2.94. The van der Waals surface area contributed by atoms with Gasteiger partial charge in [-0.15, -0.1) is 0 Å². The number of rotatable bonds is 3. The lowest BCUT2D eigenvalue weighted by Gasteiger charge is -2.15. The first-order valence-corrected chi connectivity index (χ1v) is 5.29. The highest BCUT2D eigenvalue weighted by atomic mass is 16.5. The maximum Gasteiger partial charge on any atom is 0.333 e. The SMILES string of the molecule is C=C(C(=O)OC)C12CC(C(C)=O)CC1C2. The number of hydrogen-bond acceptors (Lipinski definition) is 3. The van der Waals surface area contributed by atoms with Gasteiger partial charge in [-0.3, -0.25) is 4.79 Å². The predicted octanol–water partition coefficient (Wildman–Crippen LogP) is 1.72. The number of esters is 1. The van der Waals surface area contributed by atoms with Crippen LogP contribution in [0.25, 0.3) is 0 Å². The van der Waals surface area contributed by atoms with E-state index in [1.54, 1.807) is 6.92 Å². The molecule has 0 spiro atoms. The first-order chi connectivity index (χ1) is 7.01. The van der Waals surface area contributed by atoms with E-state index in [2.05, 4.69) is 11.3 Å². The number of hydrogen-bond donors (Lipinski definition) is 0. The lowest BCUT2D eigenvalue weighted by Crippen LogP contribution is -2.17. The maximum absolute atomic E-state index is 11.4. The average Bonchev–Trinajstić information content (AvgIpc) is 2.79. The third kappa shape index (κ3) is 1.41. The van der Waals surface area contributed by atoms with Crippen molar-refractivity contribution in [3.63, 3.8) is 0 Å². The molecular formula is C12H16O3. The van der Waals surface area contributed by atoms with Gasteiger partial charge in [0.05, 0.1) is 7.11 Å². The molecule has 2 rings (SSSR count). The minimum atomic E-state index is -0.318. The fraction of sp³-hybridized carbons (Fsp3) is 0.667. The summed E-state index contributed by atoms with van der Waals surface area (Å²) in [6.07, 6.45) is 2.72. The summed E-state index contributed by atoms with van der Waals surface area (Å²) in [6, 6.07) is 0. The van der Waals surface area contributed by atoms with Crippen LogP contribution in [-0.2, 0) is 14.3 Å². The van der Waals surface area contributed by atoms with Crippen molar-refractivity contribution in [3.8, 4) is 0 Å². The molecule has 0 aliphatic heterocycles. The standard InChI is InChI=1S/C12H16O3/c1-7(11(14)15-3)12-5-9(8(2)13)4-10(12)6-12/h9-10H,1,4-6H2,2-3H3. The molecule has 2 fully saturated rings. The van der Waals surface area contributed by atoms with Crippen molar-refractivity contribution in [2.24, 2.45) is 17.3 Å². The Labute approximate surface area is 89.5 Å². The number of ketones is 1. The van der Waals surface area contributed by atoms with Crippen molar-refractivity contribution in [1.29, 1.82) is 0 Å². The van der Waals surface area contributed by atoms with Gasteiger partial charge in [-0.2, -0.15) is 0 Å². The van der Waals surface area contributed by atoms with Gasteiger partial charge in [0.25, 0.3) is 0 Å². The molecule has 0 N–H and O–H groups in total. The highest BCUT2D eigenvalue weighted by Gasteiger charge is 2.63. The zero-order chi connectivity index (χ0) is 11.2. The quantitative estimate of drug-likeness (QED) is 0.524.